The van der Waals surface area contributed by atoms with Gasteiger partial charge in [-0.2, -0.15) is 0 Å². The first-order chi connectivity index (χ1) is 9.36. The summed E-state index contributed by atoms with van der Waals surface area (Å²) >= 11 is 0. The second-order valence-electron chi connectivity index (χ2n) is 6.52. The maximum Gasteiger partial charge on any atom is 1.00 e. The molecule has 0 bridgehead atoms. The van der Waals surface area contributed by atoms with Gasteiger partial charge in [0.05, 0.1) is 0 Å². The van der Waals surface area contributed by atoms with Crippen molar-refractivity contribution in [3.8, 4) is 0 Å². The average molecular weight is 298 g/mol. The minimum atomic E-state index is 0. The molecular weight excluding hydrogens is 270 g/mol. The fraction of sp³-hybridized carbons (Fsp3) is 0.667. The van der Waals surface area contributed by atoms with Crippen LogP contribution in [0.4, 0.5) is 0 Å². The first-order valence-corrected chi connectivity index (χ1v) is 8.82. The maximum absolute atomic E-state index is 3.01. The SMILES string of the molecule is Pc1cccc(C2CCCCC2)c1C1CCCCC1.[H-].[Na+]. The van der Waals surface area contributed by atoms with Crippen molar-refractivity contribution in [1.82, 2.24) is 0 Å². The zero-order valence-electron chi connectivity index (χ0n) is 14.0. The Morgan fingerprint density at radius 1 is 0.800 bits per heavy atom. The number of hydrogen-bond donors (Lipinski definition) is 0. The number of hydrogen-bond acceptors (Lipinski definition) is 0. The van der Waals surface area contributed by atoms with Gasteiger partial charge in [-0.15, -0.1) is 9.24 Å². The van der Waals surface area contributed by atoms with Gasteiger partial charge >= 0.3 is 29.6 Å². The Labute approximate surface area is 150 Å². The van der Waals surface area contributed by atoms with E-state index in [2.05, 4.69) is 27.4 Å². The van der Waals surface area contributed by atoms with Crippen LogP contribution >= 0.6 is 9.24 Å². The topological polar surface area (TPSA) is 0 Å². The van der Waals surface area contributed by atoms with Gasteiger partial charge in [0.15, 0.2) is 0 Å². The quantitative estimate of drug-likeness (QED) is 0.581. The summed E-state index contributed by atoms with van der Waals surface area (Å²) in [5.74, 6) is 1.70. The maximum atomic E-state index is 3.01. The van der Waals surface area contributed by atoms with Crippen LogP contribution in [0, 0.1) is 0 Å². The predicted octanol–water partition coefficient (Wildman–Crippen LogP) is 2.40. The standard InChI is InChI=1S/C18H27P.Na.H/c19-17-13-7-12-16(14-8-3-1-4-9-14)18(17)15-10-5-2-6-11-15;;/h7,12-15H,1-6,8-11,19H2;;/q;+1;-1. The fourth-order valence-corrected chi connectivity index (χ4v) is 4.75. The molecule has 0 amide bonds. The van der Waals surface area contributed by atoms with Crippen molar-refractivity contribution in [2.45, 2.75) is 76.0 Å². The molecule has 0 spiro atoms. The molecule has 0 N–H and O–H groups in total. The fourth-order valence-electron chi connectivity index (χ4n) is 4.23. The largest absolute Gasteiger partial charge is 1.00 e. The summed E-state index contributed by atoms with van der Waals surface area (Å²) in [5, 5.41) is 1.48. The molecule has 2 fully saturated rings. The predicted molar refractivity (Wildman–Crippen MR) is 88.6 cm³/mol. The molecule has 2 saturated carbocycles. The Bertz CT molecular complexity index is 423. The van der Waals surface area contributed by atoms with E-state index < -0.39 is 0 Å². The van der Waals surface area contributed by atoms with Gasteiger partial charge in [-0.1, -0.05) is 56.7 Å². The summed E-state index contributed by atoms with van der Waals surface area (Å²) in [7, 11) is 3.01. The first-order valence-electron chi connectivity index (χ1n) is 8.24. The van der Waals surface area contributed by atoms with E-state index in [1.165, 1.54) is 69.5 Å². The Balaban J connectivity index is 0.00000110. The van der Waals surface area contributed by atoms with Crippen molar-refractivity contribution in [3.63, 3.8) is 0 Å². The van der Waals surface area contributed by atoms with Crippen LogP contribution in [-0.2, 0) is 0 Å². The molecule has 0 saturated heterocycles. The minimum Gasteiger partial charge on any atom is -1.00 e. The molecule has 3 rings (SSSR count). The third kappa shape index (κ3) is 3.89. The van der Waals surface area contributed by atoms with Gasteiger partial charge in [-0.25, -0.2) is 0 Å². The summed E-state index contributed by atoms with van der Waals surface area (Å²) in [6, 6.07) is 7.02. The van der Waals surface area contributed by atoms with Gasteiger partial charge in [-0.05, 0) is 54.0 Å². The Morgan fingerprint density at radius 3 is 1.95 bits per heavy atom. The number of benzene rings is 1. The van der Waals surface area contributed by atoms with E-state index in [0.717, 1.165) is 11.8 Å². The van der Waals surface area contributed by atoms with E-state index in [0.29, 0.717) is 0 Å². The third-order valence-electron chi connectivity index (χ3n) is 5.23. The molecule has 2 aliphatic carbocycles. The van der Waals surface area contributed by atoms with Gasteiger partial charge in [0.25, 0.3) is 0 Å². The summed E-state index contributed by atoms with van der Waals surface area (Å²) in [4.78, 5) is 0. The second kappa shape index (κ2) is 8.33. The molecule has 0 nitrogen and oxygen atoms in total. The zero-order valence-corrected chi connectivity index (χ0v) is 16.2. The molecule has 2 aliphatic rings. The van der Waals surface area contributed by atoms with E-state index in [1.54, 1.807) is 11.1 Å². The summed E-state index contributed by atoms with van der Waals surface area (Å²) in [6.07, 6.45) is 14.4. The van der Waals surface area contributed by atoms with Gasteiger partial charge < -0.3 is 1.43 Å². The first kappa shape index (κ1) is 17.0. The van der Waals surface area contributed by atoms with E-state index in [-0.39, 0.29) is 31.0 Å². The van der Waals surface area contributed by atoms with Crippen LogP contribution in [0.3, 0.4) is 0 Å². The molecule has 20 heavy (non-hydrogen) atoms. The van der Waals surface area contributed by atoms with Gasteiger partial charge in [-0.3, -0.25) is 0 Å². The molecule has 0 radical (unpaired) electrons. The molecule has 1 aromatic rings. The third-order valence-corrected chi connectivity index (χ3v) is 5.74. The van der Waals surface area contributed by atoms with Crippen LogP contribution in [0.2, 0.25) is 0 Å². The molecule has 106 valence electrons. The van der Waals surface area contributed by atoms with Gasteiger partial charge in [0.2, 0.25) is 0 Å². The summed E-state index contributed by atoms with van der Waals surface area (Å²) in [5.41, 5.74) is 3.43. The molecule has 0 aromatic heterocycles. The van der Waals surface area contributed by atoms with E-state index >= 15 is 0 Å². The van der Waals surface area contributed by atoms with Crippen LogP contribution in [0.15, 0.2) is 18.2 Å². The Hall–Kier alpha value is 0.650. The van der Waals surface area contributed by atoms with Crippen molar-refractivity contribution in [3.05, 3.63) is 29.3 Å². The van der Waals surface area contributed by atoms with Crippen LogP contribution in [-0.4, -0.2) is 0 Å². The molecule has 1 aromatic carbocycles. The molecule has 1 unspecified atom stereocenters. The van der Waals surface area contributed by atoms with Crippen LogP contribution in [0.25, 0.3) is 0 Å². The Kier molecular flexibility index (Phi) is 7.08. The van der Waals surface area contributed by atoms with Crippen LogP contribution in [0.5, 0.6) is 0 Å². The number of rotatable bonds is 2. The van der Waals surface area contributed by atoms with Crippen LogP contribution in [0.1, 0.15) is 88.6 Å². The van der Waals surface area contributed by atoms with E-state index in [4.69, 9.17) is 0 Å². The minimum absolute atomic E-state index is 0. The molecule has 0 aliphatic heterocycles. The average Bonchev–Trinajstić information content (AvgIpc) is 2.49. The monoisotopic (exact) mass is 298 g/mol. The summed E-state index contributed by atoms with van der Waals surface area (Å²) < 4.78 is 0. The van der Waals surface area contributed by atoms with Crippen molar-refractivity contribution in [2.24, 2.45) is 0 Å². The van der Waals surface area contributed by atoms with Crippen molar-refractivity contribution in [1.29, 1.82) is 0 Å². The van der Waals surface area contributed by atoms with E-state index in [1.807, 2.05) is 0 Å². The molecule has 2 heteroatoms. The van der Waals surface area contributed by atoms with Gasteiger partial charge in [0.1, 0.15) is 0 Å². The van der Waals surface area contributed by atoms with Gasteiger partial charge in [0, 0.05) is 0 Å². The van der Waals surface area contributed by atoms with Crippen molar-refractivity contribution < 1.29 is 31.0 Å². The van der Waals surface area contributed by atoms with Crippen molar-refractivity contribution in [2.75, 3.05) is 0 Å². The summed E-state index contributed by atoms with van der Waals surface area (Å²) in [6.45, 7) is 0. The normalized spacial score (nSPS) is 21.4. The molecular formula is C18H28NaP. The Morgan fingerprint density at radius 2 is 1.35 bits per heavy atom. The van der Waals surface area contributed by atoms with E-state index in [9.17, 15) is 0 Å². The molecule has 1 atom stereocenters. The van der Waals surface area contributed by atoms with Crippen molar-refractivity contribution >= 4 is 14.5 Å². The second-order valence-corrected chi connectivity index (χ2v) is 7.14. The zero-order chi connectivity index (χ0) is 13.1. The molecule has 0 heterocycles. The smallest absolute Gasteiger partial charge is 1.00 e. The van der Waals surface area contributed by atoms with Crippen LogP contribution < -0.4 is 34.9 Å².